The standard InChI is InChI=1S/C90H68N4O.C13H9NO.Be/c1-62-14-10-22-83(56-62)92(77-18-6-4-7-19-77)79-46-37-69(38-47-79)74-59-75(70-39-48-80(49-40-70)93(78-20-8-5-9-21-78)84-23-11-15-63(2)57-84)61-76(60-74)71-41-50-82(51-42-71)94(85-24-12-16-64(3)58-85)81-44-35-68(36-45-81)67-31-27-65(28-32-67)25-26-66-29-33-72(34-30-66)86-53-54-88(95)89-87(86)52-43-73-17-13-55-91-90(73)89;15-11-5-1-3-9-6-7-10-4-2-8-14-13(10)12(9)11;/h4-61,95H,1-3H3;1-8,15H;/q;;+2. The Morgan fingerprint density at radius 2 is 0.568 bits per heavy atom. The van der Waals surface area contributed by atoms with Crippen LogP contribution in [0.1, 0.15) is 27.8 Å². The van der Waals surface area contributed by atoms with Crippen LogP contribution in [0.4, 0.5) is 51.2 Å². The van der Waals surface area contributed by atoms with Gasteiger partial charge < -0.3 is 24.9 Å². The molecular formula is C103H77BeN5O2+2. The summed E-state index contributed by atoms with van der Waals surface area (Å²) in [5.41, 5.74) is 28.6. The molecule has 2 heterocycles. The van der Waals surface area contributed by atoms with Gasteiger partial charge in [0.05, 0.1) is 0 Å². The number of anilines is 9. The van der Waals surface area contributed by atoms with Gasteiger partial charge in [-0.25, -0.2) is 9.97 Å². The topological polar surface area (TPSA) is 84.1 Å². The zero-order chi connectivity index (χ0) is 74.4. The number of para-hydroxylation sites is 2. The van der Waals surface area contributed by atoms with Crippen molar-refractivity contribution < 1.29 is 20.2 Å². The molecule has 0 saturated carbocycles. The smallest absolute Gasteiger partial charge is 0.872 e. The summed E-state index contributed by atoms with van der Waals surface area (Å²) < 4.78 is 0. The quantitative estimate of drug-likeness (QED) is 0.0547. The fourth-order valence-electron chi connectivity index (χ4n) is 15.1. The number of benzene rings is 16. The second-order valence-corrected chi connectivity index (χ2v) is 28.0. The second kappa shape index (κ2) is 31.7. The van der Waals surface area contributed by atoms with Gasteiger partial charge in [0.25, 0.3) is 0 Å². The first-order valence-electron chi connectivity index (χ1n) is 37.2. The number of pyridine rings is 2. The molecule has 0 aliphatic carbocycles. The molecule has 0 saturated heterocycles. The SMILES string of the molecule is Cc1cccc(N(c2ccccc2)c2ccc(-c3cc(-c4ccc(N(c5ccccc5)c5cccc(C)c5)cc4)cc(-c4ccc(N(c5ccc(-c6ccc(C=Cc7ccc(-c8ccc([O-])c9c8ccc8ccc[nH+]c89)cc7)cc6)cc5)c5cccc(C)c5)cc4)c3)cc2)c1.[Be+2].[O-]c1cccc2ccc3ccc[nH+]c3c12. The van der Waals surface area contributed by atoms with Gasteiger partial charge in [-0.05, 0) is 267 Å². The van der Waals surface area contributed by atoms with Gasteiger partial charge in [0.2, 0.25) is 11.0 Å². The van der Waals surface area contributed by atoms with Gasteiger partial charge in [-0.2, -0.15) is 0 Å². The van der Waals surface area contributed by atoms with Crippen LogP contribution in [0.2, 0.25) is 0 Å². The predicted molar refractivity (Wildman–Crippen MR) is 461 cm³/mol. The van der Waals surface area contributed by atoms with E-state index in [-0.39, 0.29) is 21.6 Å². The fourth-order valence-corrected chi connectivity index (χ4v) is 15.1. The molecule has 18 rings (SSSR count). The molecule has 2 N–H and O–H groups in total. The zero-order valence-electron chi connectivity index (χ0n) is 62.0. The molecule has 0 amide bonds. The molecule has 526 valence electrons. The van der Waals surface area contributed by atoms with Crippen LogP contribution in [0.3, 0.4) is 0 Å². The van der Waals surface area contributed by atoms with E-state index in [1.54, 1.807) is 18.2 Å². The van der Waals surface area contributed by atoms with Crippen LogP contribution >= 0.6 is 0 Å². The number of aromatic amines is 2. The Morgan fingerprint density at radius 1 is 0.243 bits per heavy atom. The number of nitrogens with one attached hydrogen (secondary N) is 2. The number of nitrogens with zero attached hydrogens (tertiary/aromatic N) is 3. The summed E-state index contributed by atoms with van der Waals surface area (Å²) in [7, 11) is 0. The van der Waals surface area contributed by atoms with E-state index in [1.165, 1.54) is 16.7 Å². The number of fused-ring (bicyclic) bond motifs is 6. The van der Waals surface area contributed by atoms with Crippen LogP contribution < -0.4 is 34.9 Å². The van der Waals surface area contributed by atoms with E-state index in [0.717, 1.165) is 161 Å². The van der Waals surface area contributed by atoms with E-state index in [2.05, 4.69) is 367 Å². The van der Waals surface area contributed by atoms with Gasteiger partial charge in [0.15, 0.2) is 12.4 Å². The molecule has 0 aliphatic rings. The summed E-state index contributed by atoms with van der Waals surface area (Å²) in [6.45, 7) is 6.45. The normalized spacial score (nSPS) is 11.2. The van der Waals surface area contributed by atoms with E-state index >= 15 is 0 Å². The van der Waals surface area contributed by atoms with Gasteiger partial charge in [0, 0.05) is 84.9 Å². The van der Waals surface area contributed by atoms with E-state index < -0.39 is 0 Å². The summed E-state index contributed by atoms with van der Waals surface area (Å²) in [5.74, 6) is 0.0891. The van der Waals surface area contributed by atoms with Crippen molar-refractivity contribution in [3.05, 3.63) is 416 Å². The van der Waals surface area contributed by atoms with Crippen molar-refractivity contribution in [3.8, 4) is 67.1 Å². The first-order chi connectivity index (χ1) is 54.0. The first kappa shape index (κ1) is 71.0. The van der Waals surface area contributed by atoms with Crippen LogP contribution in [-0.2, 0) is 0 Å². The Balaban J connectivity index is 0.000000518. The third-order valence-electron chi connectivity index (χ3n) is 20.6. The predicted octanol–water partition coefficient (Wildman–Crippen LogP) is 25.2. The number of aromatic nitrogens is 2. The van der Waals surface area contributed by atoms with Crippen molar-refractivity contribution in [2.45, 2.75) is 20.8 Å². The van der Waals surface area contributed by atoms with Crippen molar-refractivity contribution >= 4 is 117 Å². The molecule has 0 atom stereocenters. The molecule has 16 aromatic carbocycles. The van der Waals surface area contributed by atoms with Gasteiger partial charge in [0.1, 0.15) is 0 Å². The van der Waals surface area contributed by atoms with Crippen LogP contribution in [0.15, 0.2) is 389 Å². The molecule has 2 aromatic heterocycles. The van der Waals surface area contributed by atoms with Crippen molar-refractivity contribution in [1.82, 2.24) is 0 Å². The molecule has 0 aliphatic heterocycles. The monoisotopic (exact) mass is 1420 g/mol. The largest absolute Gasteiger partial charge is 2.00 e. The van der Waals surface area contributed by atoms with Crippen LogP contribution in [-0.4, -0.2) is 10.1 Å². The fraction of sp³-hybridized carbons (Fsp3) is 0.0291. The van der Waals surface area contributed by atoms with Gasteiger partial charge >= 0.3 is 10.1 Å². The Bertz CT molecular complexity index is 6220. The number of hydrogen-bond donors (Lipinski definition) is 0. The molecule has 111 heavy (non-hydrogen) atoms. The van der Waals surface area contributed by atoms with E-state index in [4.69, 9.17) is 0 Å². The van der Waals surface area contributed by atoms with Gasteiger partial charge in [-0.15, -0.1) is 0 Å². The summed E-state index contributed by atoms with van der Waals surface area (Å²) in [6, 6.07) is 133. The molecule has 8 heteroatoms. The number of H-pyrrole nitrogens is 2. The number of rotatable bonds is 16. The Hall–Kier alpha value is -14.2. The Morgan fingerprint density at radius 3 is 0.982 bits per heavy atom. The molecule has 0 unspecified atom stereocenters. The first-order valence-corrected chi connectivity index (χ1v) is 37.2. The van der Waals surface area contributed by atoms with E-state index in [9.17, 15) is 10.2 Å². The minimum absolute atomic E-state index is 0. The second-order valence-electron chi connectivity index (χ2n) is 28.0. The van der Waals surface area contributed by atoms with Crippen molar-refractivity contribution in [3.63, 3.8) is 0 Å². The van der Waals surface area contributed by atoms with Crippen LogP contribution in [0.5, 0.6) is 11.5 Å². The third kappa shape index (κ3) is 15.1. The zero-order valence-corrected chi connectivity index (χ0v) is 62.0. The van der Waals surface area contributed by atoms with Crippen molar-refractivity contribution in [2.75, 3.05) is 14.7 Å². The summed E-state index contributed by atoms with van der Waals surface area (Å²) in [4.78, 5) is 13.4. The molecule has 0 spiro atoms. The maximum atomic E-state index is 13.1. The van der Waals surface area contributed by atoms with Crippen molar-refractivity contribution in [2.24, 2.45) is 0 Å². The molecule has 0 radical (unpaired) electrons. The minimum atomic E-state index is 0. The maximum Gasteiger partial charge on any atom is 2.00 e. The molecule has 18 aromatic rings. The Kier molecular flexibility index (Phi) is 20.3. The summed E-state index contributed by atoms with van der Waals surface area (Å²) in [6.07, 6.45) is 8.02. The third-order valence-corrected chi connectivity index (χ3v) is 20.6. The van der Waals surface area contributed by atoms with Gasteiger partial charge in [-0.3, -0.25) is 0 Å². The molecule has 7 nitrogen and oxygen atoms in total. The average Bonchev–Trinajstić information content (AvgIpc) is 0.764. The van der Waals surface area contributed by atoms with Crippen LogP contribution in [0, 0.1) is 20.8 Å². The molecule has 0 bridgehead atoms. The Labute approximate surface area is 651 Å². The summed E-state index contributed by atoms with van der Waals surface area (Å²) >= 11 is 0. The minimum Gasteiger partial charge on any atom is -0.872 e. The summed E-state index contributed by atoms with van der Waals surface area (Å²) in [5, 5.41) is 30.4. The maximum absolute atomic E-state index is 13.1. The van der Waals surface area contributed by atoms with Gasteiger partial charge in [-0.1, -0.05) is 236 Å². The molecule has 0 fully saturated rings. The van der Waals surface area contributed by atoms with Crippen LogP contribution in [0.25, 0.3) is 111 Å². The van der Waals surface area contributed by atoms with Crippen molar-refractivity contribution in [1.29, 1.82) is 0 Å². The number of aryl methyl sites for hydroxylation is 3. The average molecular weight is 1430 g/mol. The molecular weight excluding hydrogens is 1350 g/mol. The van der Waals surface area contributed by atoms with E-state index in [0.29, 0.717) is 0 Å². The number of hydrogen-bond acceptors (Lipinski definition) is 5. The van der Waals surface area contributed by atoms with E-state index in [1.807, 2.05) is 60.9 Å².